The van der Waals surface area contributed by atoms with Crippen LogP contribution in [-0.4, -0.2) is 49.5 Å². The van der Waals surface area contributed by atoms with Gasteiger partial charge in [0.05, 0.1) is 6.10 Å². The highest BCUT2D eigenvalue weighted by Crippen LogP contribution is 2.19. The smallest absolute Gasteiger partial charge is 0.200 e. The summed E-state index contributed by atoms with van der Waals surface area (Å²) in [7, 11) is 5.01. The van der Waals surface area contributed by atoms with Gasteiger partial charge in [-0.25, -0.2) is 4.39 Å². The van der Waals surface area contributed by atoms with Crippen molar-refractivity contribution in [3.63, 3.8) is 0 Å². The van der Waals surface area contributed by atoms with Gasteiger partial charge in [0.2, 0.25) is 7.85 Å². The zero-order valence-electron chi connectivity index (χ0n) is 6.74. The van der Waals surface area contributed by atoms with E-state index < -0.39 is 18.6 Å². The summed E-state index contributed by atoms with van der Waals surface area (Å²) < 4.78 is 12.0. The first-order valence-corrected chi connectivity index (χ1v) is 3.93. The largest absolute Gasteiger partial charge is 0.390 e. The minimum Gasteiger partial charge on any atom is -0.390 e. The fraction of sp³-hybridized carbons (Fsp3) is 0.857. The lowest BCUT2D eigenvalue weighted by molar-refractivity contribution is 0.0855. The van der Waals surface area contributed by atoms with Gasteiger partial charge in [0, 0.05) is 19.0 Å². The van der Waals surface area contributed by atoms with Crippen LogP contribution in [-0.2, 0) is 0 Å². The Bertz CT molecular complexity index is 179. The van der Waals surface area contributed by atoms with Crippen molar-refractivity contribution in [1.29, 1.82) is 0 Å². The number of halogens is 1. The molecule has 2 atom stereocenters. The molecule has 1 unspecified atom stereocenters. The quantitative estimate of drug-likeness (QED) is 0.590. The molecular formula is C7H11BFNO2. The van der Waals surface area contributed by atoms with Crippen LogP contribution in [0.15, 0.2) is 0 Å². The standard InChI is InChI=1S/C7H11BFNO2/c8-7(12)10-2-1-5(4-10)6(11)3-9/h5-6,11H,1-4H2/t5-,6?/m0/s1. The first-order chi connectivity index (χ1) is 5.65. The molecule has 0 aromatic heterocycles. The molecule has 5 heteroatoms. The maximum Gasteiger partial charge on any atom is 0.200 e. The molecule has 1 aliphatic heterocycles. The van der Waals surface area contributed by atoms with Crippen LogP contribution in [0, 0.1) is 5.92 Å². The molecule has 0 aromatic rings. The Kier molecular flexibility index (Phi) is 3.09. The number of hydrogen-bond acceptors (Lipinski definition) is 2. The van der Waals surface area contributed by atoms with Gasteiger partial charge < -0.3 is 10.0 Å². The van der Waals surface area contributed by atoms with Crippen molar-refractivity contribution in [1.82, 2.24) is 4.90 Å². The first-order valence-electron chi connectivity index (χ1n) is 3.93. The van der Waals surface area contributed by atoms with Crippen molar-refractivity contribution in [3.05, 3.63) is 0 Å². The topological polar surface area (TPSA) is 40.5 Å². The number of amides is 1. The van der Waals surface area contributed by atoms with Crippen LogP contribution in [0.3, 0.4) is 0 Å². The summed E-state index contributed by atoms with van der Waals surface area (Å²) in [5, 5.41) is 9.10. The van der Waals surface area contributed by atoms with Crippen molar-refractivity contribution < 1.29 is 14.3 Å². The predicted molar refractivity (Wildman–Crippen MR) is 42.8 cm³/mol. The number of aliphatic hydroxyl groups excluding tert-OH is 1. The van der Waals surface area contributed by atoms with Gasteiger partial charge in [-0.1, -0.05) is 0 Å². The second-order valence-corrected chi connectivity index (χ2v) is 3.05. The Hall–Kier alpha value is -0.575. The summed E-state index contributed by atoms with van der Waals surface area (Å²) in [5.41, 5.74) is 0. The molecule has 12 heavy (non-hydrogen) atoms. The molecule has 1 fully saturated rings. The van der Waals surface area contributed by atoms with Crippen LogP contribution >= 0.6 is 0 Å². The maximum absolute atomic E-state index is 12.0. The minimum absolute atomic E-state index is 0.150. The lowest BCUT2D eigenvalue weighted by Crippen LogP contribution is -2.30. The fourth-order valence-corrected chi connectivity index (χ4v) is 1.43. The molecule has 2 radical (unpaired) electrons. The van der Waals surface area contributed by atoms with Crippen LogP contribution in [0.5, 0.6) is 0 Å². The monoisotopic (exact) mass is 171 g/mol. The Morgan fingerprint density at radius 3 is 2.92 bits per heavy atom. The van der Waals surface area contributed by atoms with Crippen LogP contribution in [0.1, 0.15) is 6.42 Å². The Morgan fingerprint density at radius 2 is 2.50 bits per heavy atom. The zero-order valence-corrected chi connectivity index (χ0v) is 6.74. The third kappa shape index (κ3) is 1.97. The van der Waals surface area contributed by atoms with Gasteiger partial charge >= 0.3 is 0 Å². The maximum atomic E-state index is 12.0. The van der Waals surface area contributed by atoms with E-state index in [-0.39, 0.29) is 5.92 Å². The van der Waals surface area contributed by atoms with Gasteiger partial charge in [0.1, 0.15) is 6.67 Å². The number of likely N-dealkylation sites (tertiary alicyclic amines) is 1. The molecule has 1 aliphatic rings. The summed E-state index contributed by atoms with van der Waals surface area (Å²) >= 11 is 0. The van der Waals surface area contributed by atoms with E-state index in [4.69, 9.17) is 13.0 Å². The number of aliphatic hydroxyl groups is 1. The molecule has 3 nitrogen and oxygen atoms in total. The molecule has 1 amide bonds. The van der Waals surface area contributed by atoms with Crippen LogP contribution in [0.25, 0.3) is 0 Å². The average molecular weight is 171 g/mol. The summed E-state index contributed by atoms with van der Waals surface area (Å²) in [6, 6.07) is 0. The number of nitrogens with zero attached hydrogens (tertiary/aromatic N) is 1. The molecule has 1 N–H and O–H groups in total. The molecule has 0 spiro atoms. The molecular weight excluding hydrogens is 160 g/mol. The Labute approximate surface area is 72.0 Å². The van der Waals surface area contributed by atoms with Gasteiger partial charge in [-0.15, -0.1) is 0 Å². The van der Waals surface area contributed by atoms with Crippen LogP contribution in [0.4, 0.5) is 9.18 Å². The van der Waals surface area contributed by atoms with Crippen LogP contribution < -0.4 is 0 Å². The summed E-state index contributed by atoms with van der Waals surface area (Å²) in [6.45, 7) is 0.148. The van der Waals surface area contributed by atoms with E-state index in [0.29, 0.717) is 19.5 Å². The average Bonchev–Trinajstić information content (AvgIpc) is 2.51. The molecule has 0 aromatic carbocycles. The third-order valence-corrected chi connectivity index (χ3v) is 2.24. The fourth-order valence-electron chi connectivity index (χ4n) is 1.43. The predicted octanol–water partition coefficient (Wildman–Crippen LogP) is -0.0728. The Balaban J connectivity index is 2.40. The van der Waals surface area contributed by atoms with Gasteiger partial charge in [-0.05, 0) is 6.42 Å². The number of carbonyl (C=O) groups excluding carboxylic acids is 1. The van der Waals surface area contributed by atoms with Crippen molar-refractivity contribution in [3.8, 4) is 0 Å². The SMILES string of the molecule is [B]C(=O)N1CC[C@H](C(O)CF)C1. The van der Waals surface area contributed by atoms with Gasteiger partial charge in [-0.3, -0.25) is 4.79 Å². The molecule has 0 aliphatic carbocycles. The number of carbonyl (C=O) groups is 1. The summed E-state index contributed by atoms with van der Waals surface area (Å²) in [4.78, 5) is 12.1. The van der Waals surface area contributed by atoms with Gasteiger partial charge in [0.15, 0.2) is 5.81 Å². The highest BCUT2D eigenvalue weighted by molar-refractivity contribution is 6.56. The summed E-state index contributed by atoms with van der Waals surface area (Å²) in [5.74, 6) is -0.647. The lowest BCUT2D eigenvalue weighted by Gasteiger charge is -2.16. The van der Waals surface area contributed by atoms with E-state index in [1.165, 1.54) is 4.90 Å². The Morgan fingerprint density at radius 1 is 1.83 bits per heavy atom. The molecule has 0 saturated carbocycles. The van der Waals surface area contributed by atoms with Gasteiger partial charge in [-0.2, -0.15) is 0 Å². The third-order valence-electron chi connectivity index (χ3n) is 2.24. The van der Waals surface area contributed by atoms with E-state index in [0.717, 1.165) is 0 Å². The molecule has 0 bridgehead atoms. The van der Waals surface area contributed by atoms with Crippen molar-refractivity contribution in [2.75, 3.05) is 19.8 Å². The molecule has 1 saturated heterocycles. The minimum atomic E-state index is -0.950. The van der Waals surface area contributed by atoms with Crippen molar-refractivity contribution in [2.45, 2.75) is 12.5 Å². The second-order valence-electron chi connectivity index (χ2n) is 3.05. The highest BCUT2D eigenvalue weighted by atomic mass is 19.1. The van der Waals surface area contributed by atoms with Crippen molar-refractivity contribution >= 4 is 13.7 Å². The van der Waals surface area contributed by atoms with E-state index in [2.05, 4.69) is 0 Å². The van der Waals surface area contributed by atoms with E-state index in [1.54, 1.807) is 0 Å². The lowest BCUT2D eigenvalue weighted by atomic mass is 10.0. The van der Waals surface area contributed by atoms with Crippen molar-refractivity contribution in [2.24, 2.45) is 5.92 Å². The number of hydrogen-bond donors (Lipinski definition) is 1. The number of alkyl halides is 1. The van der Waals surface area contributed by atoms with Gasteiger partial charge in [0.25, 0.3) is 0 Å². The van der Waals surface area contributed by atoms with E-state index in [1.807, 2.05) is 0 Å². The second kappa shape index (κ2) is 3.89. The van der Waals surface area contributed by atoms with E-state index >= 15 is 0 Å². The highest BCUT2D eigenvalue weighted by Gasteiger charge is 2.28. The number of rotatable bonds is 2. The van der Waals surface area contributed by atoms with Crippen LogP contribution in [0.2, 0.25) is 0 Å². The van der Waals surface area contributed by atoms with E-state index in [9.17, 15) is 9.18 Å². The molecule has 1 rings (SSSR count). The molecule has 66 valence electrons. The molecule has 1 heterocycles. The first kappa shape index (κ1) is 9.51. The normalized spacial score (nSPS) is 25.8. The zero-order chi connectivity index (χ0) is 9.14. The summed E-state index contributed by atoms with van der Waals surface area (Å²) in [6.07, 6.45) is -0.317.